The molecule has 0 aliphatic carbocycles. The van der Waals surface area contributed by atoms with Crippen molar-refractivity contribution in [2.45, 2.75) is 51.0 Å². The third-order valence-electron chi connectivity index (χ3n) is 7.02. The average Bonchev–Trinajstić information content (AvgIpc) is 3.08. The highest BCUT2D eigenvalue weighted by atomic mass is 16.5. The van der Waals surface area contributed by atoms with E-state index < -0.39 is 0 Å². The Labute approximate surface area is 130 Å². The molecule has 0 amide bonds. The molecule has 5 heterocycles. The molecule has 4 aliphatic heterocycles. The first-order chi connectivity index (χ1) is 10.8. The van der Waals surface area contributed by atoms with Gasteiger partial charge in [-0.3, -0.25) is 4.90 Å². The molecule has 4 atom stereocenters. The topological polar surface area (TPSA) is 17.4 Å². The monoisotopic (exact) mass is 294 g/mol. The lowest BCUT2D eigenvalue weighted by Gasteiger charge is -2.53. The normalized spacial score (nSPS) is 38.7. The molecule has 3 nitrogen and oxygen atoms in total. The minimum atomic E-state index is 0.271. The molecule has 0 saturated carbocycles. The van der Waals surface area contributed by atoms with Crippen molar-refractivity contribution in [2.24, 2.45) is 5.41 Å². The van der Waals surface area contributed by atoms with E-state index >= 15 is 0 Å². The molecule has 4 aliphatic rings. The highest BCUT2D eigenvalue weighted by molar-refractivity contribution is 5.86. The summed E-state index contributed by atoms with van der Waals surface area (Å²) in [4.78, 5) is 2.77. The summed E-state index contributed by atoms with van der Waals surface area (Å²) in [5.74, 6) is 0. The Balaban J connectivity index is 1.75. The summed E-state index contributed by atoms with van der Waals surface area (Å²) in [5.41, 5.74) is 4.98. The second-order valence-electron chi connectivity index (χ2n) is 7.60. The van der Waals surface area contributed by atoms with Crippen LogP contribution in [0.2, 0.25) is 0 Å². The molecule has 0 N–H and O–H groups in total. The molecule has 4 unspecified atom stereocenters. The van der Waals surface area contributed by atoms with E-state index in [0.29, 0.717) is 17.6 Å². The van der Waals surface area contributed by atoms with E-state index in [9.17, 15) is 0 Å². The smallest absolute Gasteiger partial charge is 0.135 e. The van der Waals surface area contributed by atoms with Gasteiger partial charge in [-0.05, 0) is 30.9 Å². The Morgan fingerprint density at radius 1 is 1.27 bits per heavy atom. The molecule has 2 bridgehead atoms. The minimum absolute atomic E-state index is 0.271. The van der Waals surface area contributed by atoms with Crippen molar-refractivity contribution in [2.75, 3.05) is 13.1 Å². The first kappa shape index (κ1) is 12.1. The third-order valence-corrected chi connectivity index (χ3v) is 7.02. The van der Waals surface area contributed by atoms with E-state index in [1.165, 1.54) is 49.7 Å². The molecule has 0 radical (unpaired) electrons. The van der Waals surface area contributed by atoms with Crippen LogP contribution in [0.4, 0.5) is 0 Å². The number of para-hydroxylation sites is 1. The second-order valence-corrected chi connectivity index (χ2v) is 7.60. The van der Waals surface area contributed by atoms with Gasteiger partial charge in [0.05, 0.1) is 17.7 Å². The maximum Gasteiger partial charge on any atom is 0.135 e. The summed E-state index contributed by atoms with van der Waals surface area (Å²) in [6.07, 6.45) is 5.62. The molecule has 2 fully saturated rings. The molecular weight excluding hydrogens is 272 g/mol. The lowest BCUT2D eigenvalue weighted by Crippen LogP contribution is -2.54. The summed E-state index contributed by atoms with van der Waals surface area (Å²) in [5, 5.41) is 1.47. The SMILES string of the molecule is CCC12CC3OC1CCN1CCc4c(n3c3ccccc43)C12. The van der Waals surface area contributed by atoms with Crippen LogP contribution in [0.25, 0.3) is 10.9 Å². The average molecular weight is 294 g/mol. The maximum atomic E-state index is 6.61. The minimum Gasteiger partial charge on any atom is -0.354 e. The maximum absolute atomic E-state index is 6.61. The fraction of sp³-hybridized carbons (Fsp3) is 0.579. The number of rotatable bonds is 1. The number of piperidine rings is 1. The van der Waals surface area contributed by atoms with Crippen LogP contribution in [-0.2, 0) is 11.2 Å². The summed E-state index contributed by atoms with van der Waals surface area (Å²) in [6.45, 7) is 4.82. The van der Waals surface area contributed by atoms with Gasteiger partial charge in [0.15, 0.2) is 0 Å². The largest absolute Gasteiger partial charge is 0.354 e. The van der Waals surface area contributed by atoms with Gasteiger partial charge >= 0.3 is 0 Å². The summed E-state index contributed by atoms with van der Waals surface area (Å²) >= 11 is 0. The van der Waals surface area contributed by atoms with Gasteiger partial charge < -0.3 is 9.30 Å². The van der Waals surface area contributed by atoms with Gasteiger partial charge in [0.25, 0.3) is 0 Å². The molecule has 3 heteroatoms. The fourth-order valence-electron chi connectivity index (χ4n) is 6.13. The van der Waals surface area contributed by atoms with Crippen LogP contribution in [0.3, 0.4) is 0 Å². The number of nitrogens with zero attached hydrogens (tertiary/aromatic N) is 2. The molecule has 1 aromatic heterocycles. The number of hydrogen-bond donors (Lipinski definition) is 0. The standard InChI is InChI=1S/C19H22N2O/c1-2-19-11-16-21-14-6-4-3-5-12(14)13-7-9-20(18(19)17(13)21)10-8-15(19)22-16/h3-6,15-16,18H,2,7-11H2,1H3. The van der Waals surface area contributed by atoms with E-state index in [0.717, 1.165) is 0 Å². The fourth-order valence-corrected chi connectivity index (χ4v) is 6.13. The summed E-state index contributed by atoms with van der Waals surface area (Å²) in [7, 11) is 0. The first-order valence-corrected chi connectivity index (χ1v) is 8.85. The summed E-state index contributed by atoms with van der Waals surface area (Å²) < 4.78 is 9.18. The lowest BCUT2D eigenvalue weighted by molar-refractivity contribution is -0.0698. The Morgan fingerprint density at radius 2 is 2.18 bits per heavy atom. The number of hydrogen-bond acceptors (Lipinski definition) is 2. The van der Waals surface area contributed by atoms with Crippen LogP contribution in [0.15, 0.2) is 24.3 Å². The quantitative estimate of drug-likeness (QED) is 0.799. The van der Waals surface area contributed by atoms with E-state index in [4.69, 9.17) is 4.74 Å². The van der Waals surface area contributed by atoms with Gasteiger partial charge in [0.1, 0.15) is 6.23 Å². The van der Waals surface area contributed by atoms with Crippen LogP contribution in [0, 0.1) is 5.41 Å². The predicted molar refractivity (Wildman–Crippen MR) is 85.8 cm³/mol. The van der Waals surface area contributed by atoms with Crippen LogP contribution in [0.1, 0.15) is 49.7 Å². The van der Waals surface area contributed by atoms with Gasteiger partial charge in [-0.2, -0.15) is 0 Å². The van der Waals surface area contributed by atoms with Gasteiger partial charge in [0, 0.05) is 36.0 Å². The van der Waals surface area contributed by atoms with Gasteiger partial charge in [-0.25, -0.2) is 0 Å². The predicted octanol–water partition coefficient (Wildman–Crippen LogP) is 3.64. The summed E-state index contributed by atoms with van der Waals surface area (Å²) in [6, 6.07) is 9.57. The van der Waals surface area contributed by atoms with E-state index in [2.05, 4.69) is 40.7 Å². The van der Waals surface area contributed by atoms with Crippen molar-refractivity contribution < 1.29 is 4.74 Å². The molecule has 0 spiro atoms. The van der Waals surface area contributed by atoms with E-state index in [-0.39, 0.29) is 6.23 Å². The number of ether oxygens (including phenoxy) is 1. The van der Waals surface area contributed by atoms with Crippen molar-refractivity contribution in [3.8, 4) is 0 Å². The first-order valence-electron chi connectivity index (χ1n) is 8.85. The lowest BCUT2D eigenvalue weighted by atomic mass is 9.64. The highest BCUT2D eigenvalue weighted by Gasteiger charge is 2.62. The third kappa shape index (κ3) is 1.14. The molecular formula is C19H22N2O. The van der Waals surface area contributed by atoms with Crippen molar-refractivity contribution in [1.82, 2.24) is 9.47 Å². The molecule has 22 heavy (non-hydrogen) atoms. The zero-order chi connectivity index (χ0) is 14.5. The van der Waals surface area contributed by atoms with E-state index in [1.807, 2.05) is 0 Å². The van der Waals surface area contributed by atoms with Crippen molar-refractivity contribution in [3.63, 3.8) is 0 Å². The molecule has 6 rings (SSSR count). The highest BCUT2D eigenvalue weighted by Crippen LogP contribution is 2.64. The van der Waals surface area contributed by atoms with Gasteiger partial charge in [-0.1, -0.05) is 25.1 Å². The van der Waals surface area contributed by atoms with Gasteiger partial charge in [0.2, 0.25) is 0 Å². The Bertz CT molecular complexity index is 794. The van der Waals surface area contributed by atoms with Crippen LogP contribution < -0.4 is 0 Å². The number of benzene rings is 1. The van der Waals surface area contributed by atoms with Crippen molar-refractivity contribution >= 4 is 10.9 Å². The second kappa shape index (κ2) is 3.77. The molecule has 114 valence electrons. The Morgan fingerprint density at radius 3 is 3.09 bits per heavy atom. The van der Waals surface area contributed by atoms with Crippen LogP contribution in [0.5, 0.6) is 0 Å². The Hall–Kier alpha value is -1.32. The number of aromatic nitrogens is 1. The molecule has 2 saturated heterocycles. The molecule has 2 aromatic rings. The zero-order valence-corrected chi connectivity index (χ0v) is 13.1. The zero-order valence-electron chi connectivity index (χ0n) is 13.1. The van der Waals surface area contributed by atoms with Crippen LogP contribution >= 0.6 is 0 Å². The van der Waals surface area contributed by atoms with Crippen molar-refractivity contribution in [1.29, 1.82) is 0 Å². The van der Waals surface area contributed by atoms with Crippen molar-refractivity contribution in [3.05, 3.63) is 35.5 Å². The van der Waals surface area contributed by atoms with E-state index in [1.54, 1.807) is 11.3 Å². The van der Waals surface area contributed by atoms with Gasteiger partial charge in [-0.15, -0.1) is 0 Å². The molecule has 1 aromatic carbocycles. The van der Waals surface area contributed by atoms with Crippen LogP contribution in [-0.4, -0.2) is 28.7 Å². The Kier molecular flexibility index (Phi) is 2.08. The number of fused-ring (bicyclic) bond motifs is 5.